The molecule has 2 rings (SSSR count). The minimum Gasteiger partial charge on any atom is -0.380 e. The maximum Gasteiger partial charge on any atom is 0.270 e. The lowest BCUT2D eigenvalue weighted by atomic mass is 10.1. The Hall–Kier alpha value is -3.40. The van der Waals surface area contributed by atoms with Crippen LogP contribution in [0.5, 0.6) is 0 Å². The number of carbonyl (C=O) groups excluding carboxylic acids is 1. The van der Waals surface area contributed by atoms with Crippen molar-refractivity contribution in [1.29, 1.82) is 5.26 Å². The summed E-state index contributed by atoms with van der Waals surface area (Å²) in [6, 6.07) is 13.3. The summed E-state index contributed by atoms with van der Waals surface area (Å²) in [5, 5.41) is 25.6. The maximum absolute atomic E-state index is 11.0. The molecule has 0 aromatic heterocycles. The molecule has 2 aromatic rings. The minimum atomic E-state index is -0.536. The van der Waals surface area contributed by atoms with Gasteiger partial charge in [-0.25, -0.2) is 0 Å². The van der Waals surface area contributed by atoms with E-state index in [0.717, 1.165) is 5.56 Å². The molecule has 0 atom stereocenters. The highest BCUT2D eigenvalue weighted by Gasteiger charge is 2.10. The van der Waals surface area contributed by atoms with E-state index in [1.807, 2.05) is 18.2 Å². The van der Waals surface area contributed by atoms with Gasteiger partial charge in [0, 0.05) is 31.3 Å². The third-order valence-electron chi connectivity index (χ3n) is 3.09. The van der Waals surface area contributed by atoms with E-state index in [1.165, 1.54) is 25.1 Å². The van der Waals surface area contributed by atoms with E-state index in [1.54, 1.807) is 12.1 Å². The summed E-state index contributed by atoms with van der Waals surface area (Å²) in [5.41, 5.74) is 2.28. The first-order valence-corrected chi connectivity index (χ1v) is 6.78. The van der Waals surface area contributed by atoms with Gasteiger partial charge in [-0.2, -0.15) is 5.26 Å². The smallest absolute Gasteiger partial charge is 0.270 e. The second kappa shape index (κ2) is 7.04. The summed E-state index contributed by atoms with van der Waals surface area (Å²) in [6.45, 7) is 1.89. The van der Waals surface area contributed by atoms with Crippen LogP contribution in [0.4, 0.5) is 17.1 Å². The number of nitro benzene ring substituents is 1. The van der Waals surface area contributed by atoms with E-state index in [9.17, 15) is 14.9 Å². The molecule has 7 nitrogen and oxygen atoms in total. The largest absolute Gasteiger partial charge is 0.380 e. The summed E-state index contributed by atoms with van der Waals surface area (Å²) in [6.07, 6.45) is 0. The number of nitro groups is 1. The van der Waals surface area contributed by atoms with Gasteiger partial charge < -0.3 is 10.6 Å². The van der Waals surface area contributed by atoms with Crippen LogP contribution < -0.4 is 10.6 Å². The Bertz CT molecular complexity index is 779. The number of nitriles is 1. The summed E-state index contributed by atoms with van der Waals surface area (Å²) in [4.78, 5) is 21.1. The highest BCUT2D eigenvalue weighted by molar-refractivity contribution is 5.88. The van der Waals surface area contributed by atoms with Crippen LogP contribution in [-0.2, 0) is 11.3 Å². The lowest BCUT2D eigenvalue weighted by Gasteiger charge is -2.09. The Labute approximate surface area is 132 Å². The molecule has 116 valence electrons. The number of benzene rings is 2. The average molecular weight is 310 g/mol. The molecule has 0 saturated heterocycles. The number of anilines is 2. The van der Waals surface area contributed by atoms with Gasteiger partial charge in [-0.1, -0.05) is 12.1 Å². The Balaban J connectivity index is 2.07. The van der Waals surface area contributed by atoms with Crippen molar-refractivity contribution in [3.05, 3.63) is 63.7 Å². The van der Waals surface area contributed by atoms with Crippen molar-refractivity contribution in [1.82, 2.24) is 0 Å². The molecule has 0 aliphatic heterocycles. The van der Waals surface area contributed by atoms with Crippen LogP contribution in [0.2, 0.25) is 0 Å². The predicted octanol–water partition coefficient (Wildman–Crippen LogP) is 3.04. The van der Waals surface area contributed by atoms with Crippen LogP contribution in [0, 0.1) is 21.4 Å². The van der Waals surface area contributed by atoms with Crippen molar-refractivity contribution in [3.8, 4) is 6.07 Å². The highest BCUT2D eigenvalue weighted by Crippen LogP contribution is 2.22. The molecule has 0 saturated carbocycles. The highest BCUT2D eigenvalue weighted by atomic mass is 16.6. The number of non-ortho nitro benzene ring substituents is 1. The van der Waals surface area contributed by atoms with Crippen LogP contribution in [0.25, 0.3) is 0 Å². The number of nitrogens with zero attached hydrogens (tertiary/aromatic N) is 2. The Morgan fingerprint density at radius 2 is 1.96 bits per heavy atom. The van der Waals surface area contributed by atoms with Crippen molar-refractivity contribution < 1.29 is 9.72 Å². The molecule has 0 aliphatic carbocycles. The number of amides is 1. The van der Waals surface area contributed by atoms with Gasteiger partial charge in [-0.05, 0) is 23.8 Å². The van der Waals surface area contributed by atoms with Gasteiger partial charge in [0.05, 0.1) is 16.2 Å². The number of rotatable bonds is 5. The van der Waals surface area contributed by atoms with Crippen molar-refractivity contribution in [2.45, 2.75) is 13.5 Å². The predicted molar refractivity (Wildman–Crippen MR) is 85.9 cm³/mol. The van der Waals surface area contributed by atoms with E-state index in [4.69, 9.17) is 5.26 Å². The van der Waals surface area contributed by atoms with Crippen molar-refractivity contribution >= 4 is 23.0 Å². The fourth-order valence-electron chi connectivity index (χ4n) is 2.00. The second-order valence-electron chi connectivity index (χ2n) is 4.83. The molecule has 7 heteroatoms. The molecular formula is C16H14N4O3. The first kappa shape index (κ1) is 16.0. The molecule has 0 fully saturated rings. The molecule has 1 amide bonds. The van der Waals surface area contributed by atoms with Crippen LogP contribution >= 0.6 is 0 Å². The molecule has 2 N–H and O–H groups in total. The zero-order chi connectivity index (χ0) is 16.8. The fraction of sp³-hybridized carbons (Fsp3) is 0.125. The van der Waals surface area contributed by atoms with E-state index in [-0.39, 0.29) is 17.2 Å². The molecule has 0 heterocycles. The van der Waals surface area contributed by atoms with Gasteiger partial charge in [0.15, 0.2) is 0 Å². The van der Waals surface area contributed by atoms with Gasteiger partial charge in [-0.15, -0.1) is 0 Å². The minimum absolute atomic E-state index is 0.119. The Morgan fingerprint density at radius 1 is 1.26 bits per heavy atom. The molecule has 0 bridgehead atoms. The Morgan fingerprint density at radius 3 is 2.52 bits per heavy atom. The topological polar surface area (TPSA) is 108 Å². The number of hydrogen-bond donors (Lipinski definition) is 2. The third-order valence-corrected chi connectivity index (χ3v) is 3.09. The Kier molecular flexibility index (Phi) is 4.89. The van der Waals surface area contributed by atoms with Gasteiger partial charge >= 0.3 is 0 Å². The molecule has 0 aliphatic rings. The lowest BCUT2D eigenvalue weighted by molar-refractivity contribution is -0.384. The molecule has 0 unspecified atom stereocenters. The van der Waals surface area contributed by atoms with Gasteiger partial charge in [-0.3, -0.25) is 14.9 Å². The number of nitrogens with one attached hydrogen (secondary N) is 2. The molecule has 0 radical (unpaired) electrons. The van der Waals surface area contributed by atoms with Crippen LogP contribution in [0.3, 0.4) is 0 Å². The fourth-order valence-corrected chi connectivity index (χ4v) is 2.00. The first-order valence-electron chi connectivity index (χ1n) is 6.78. The second-order valence-corrected chi connectivity index (χ2v) is 4.83. The van der Waals surface area contributed by atoms with Crippen molar-refractivity contribution in [2.75, 3.05) is 10.6 Å². The zero-order valence-electron chi connectivity index (χ0n) is 12.4. The van der Waals surface area contributed by atoms with Gasteiger partial charge in [0.2, 0.25) is 5.91 Å². The van der Waals surface area contributed by atoms with Crippen LogP contribution in [-0.4, -0.2) is 10.8 Å². The monoisotopic (exact) mass is 310 g/mol. The van der Waals surface area contributed by atoms with E-state index in [2.05, 4.69) is 10.6 Å². The summed E-state index contributed by atoms with van der Waals surface area (Å²) < 4.78 is 0. The molecule has 2 aromatic carbocycles. The van der Waals surface area contributed by atoms with Crippen molar-refractivity contribution in [3.63, 3.8) is 0 Å². The van der Waals surface area contributed by atoms with Gasteiger partial charge in [0.25, 0.3) is 5.69 Å². The lowest BCUT2D eigenvalue weighted by Crippen LogP contribution is -2.06. The van der Waals surface area contributed by atoms with Crippen molar-refractivity contribution in [2.24, 2.45) is 0 Å². The third kappa shape index (κ3) is 4.28. The molecule has 23 heavy (non-hydrogen) atoms. The summed E-state index contributed by atoms with van der Waals surface area (Å²) in [7, 11) is 0. The standard InChI is InChI=1S/C16H14N4O3/c1-11(21)19-14-4-2-12(3-5-14)10-18-16-7-6-15(20(22)23)8-13(16)9-17/h2-8,18H,10H2,1H3,(H,19,21). The SMILES string of the molecule is CC(=O)Nc1ccc(CNc2ccc([N+](=O)[O-])cc2C#N)cc1. The van der Waals surface area contributed by atoms with Gasteiger partial charge in [0.1, 0.15) is 6.07 Å². The first-order chi connectivity index (χ1) is 11.0. The van der Waals surface area contributed by atoms with E-state index >= 15 is 0 Å². The molecule has 0 spiro atoms. The number of carbonyl (C=O) groups is 1. The van der Waals surface area contributed by atoms with Crippen LogP contribution in [0.1, 0.15) is 18.1 Å². The zero-order valence-corrected chi connectivity index (χ0v) is 12.4. The number of hydrogen-bond acceptors (Lipinski definition) is 5. The van der Waals surface area contributed by atoms with E-state index < -0.39 is 4.92 Å². The molecular weight excluding hydrogens is 296 g/mol. The quantitative estimate of drug-likeness (QED) is 0.651. The average Bonchev–Trinajstić information content (AvgIpc) is 2.53. The van der Waals surface area contributed by atoms with E-state index in [0.29, 0.717) is 17.9 Å². The van der Waals surface area contributed by atoms with Crippen LogP contribution in [0.15, 0.2) is 42.5 Å². The summed E-state index contributed by atoms with van der Waals surface area (Å²) >= 11 is 0. The maximum atomic E-state index is 11.0. The summed E-state index contributed by atoms with van der Waals surface area (Å²) in [5.74, 6) is -0.139. The normalized spacial score (nSPS) is 9.74.